The minimum atomic E-state index is 0.811. The van der Waals surface area contributed by atoms with E-state index in [1.165, 1.54) is 11.1 Å². The Kier molecular flexibility index (Phi) is 5.16. The van der Waals surface area contributed by atoms with Crippen LogP contribution in [0.25, 0.3) is 22.3 Å². The van der Waals surface area contributed by atoms with Crippen LogP contribution in [0.4, 0.5) is 5.69 Å². The minimum absolute atomic E-state index is 0.811. The third-order valence-electron chi connectivity index (χ3n) is 3.25. The second-order valence-electron chi connectivity index (χ2n) is 4.53. The van der Waals surface area contributed by atoms with Crippen LogP contribution in [-0.2, 0) is 0 Å². The number of benzene rings is 3. The molecule has 0 aliphatic rings. The highest BCUT2D eigenvalue weighted by Crippen LogP contribution is 2.30. The van der Waals surface area contributed by atoms with Gasteiger partial charge in [-0.1, -0.05) is 80.6 Å². The maximum absolute atomic E-state index is 6.10. The third-order valence-corrected chi connectivity index (χ3v) is 3.25. The van der Waals surface area contributed by atoms with E-state index < -0.39 is 0 Å². The number of rotatable bonds is 2. The van der Waals surface area contributed by atoms with Gasteiger partial charge in [0.1, 0.15) is 0 Å². The second-order valence-corrected chi connectivity index (χ2v) is 4.53. The maximum atomic E-state index is 6.10. The minimum Gasteiger partial charge on any atom is -0.398 e. The zero-order valence-electron chi connectivity index (χ0n) is 12.6. The van der Waals surface area contributed by atoms with E-state index in [9.17, 15) is 0 Å². The van der Waals surface area contributed by atoms with Crippen molar-refractivity contribution in [3.63, 3.8) is 0 Å². The van der Waals surface area contributed by atoms with Crippen molar-refractivity contribution < 1.29 is 0 Å². The second kappa shape index (κ2) is 7.30. The van der Waals surface area contributed by atoms with Crippen molar-refractivity contribution >= 4 is 5.69 Å². The molecule has 1 nitrogen and oxygen atoms in total. The molecule has 1 heteroatoms. The van der Waals surface area contributed by atoms with Gasteiger partial charge in [0.2, 0.25) is 0 Å². The van der Waals surface area contributed by atoms with E-state index in [1.54, 1.807) is 0 Å². The fourth-order valence-electron chi connectivity index (χ4n) is 2.23. The van der Waals surface area contributed by atoms with Gasteiger partial charge in [-0.15, -0.1) is 0 Å². The summed E-state index contributed by atoms with van der Waals surface area (Å²) >= 11 is 0. The summed E-state index contributed by atoms with van der Waals surface area (Å²) in [5, 5.41) is 0. The summed E-state index contributed by atoms with van der Waals surface area (Å²) in [7, 11) is 0. The van der Waals surface area contributed by atoms with Crippen LogP contribution >= 0.6 is 0 Å². The molecule has 0 radical (unpaired) electrons. The molecule has 0 saturated heterocycles. The topological polar surface area (TPSA) is 26.0 Å². The number of hydrogen-bond donors (Lipinski definition) is 1. The molecule has 3 aromatic rings. The van der Waals surface area contributed by atoms with Crippen molar-refractivity contribution in [1.29, 1.82) is 0 Å². The summed E-state index contributed by atoms with van der Waals surface area (Å²) < 4.78 is 0. The van der Waals surface area contributed by atoms with E-state index in [1.807, 2.05) is 56.3 Å². The predicted octanol–water partition coefficient (Wildman–Crippen LogP) is 5.63. The molecule has 0 amide bonds. The Hall–Kier alpha value is -2.54. The molecule has 0 fully saturated rings. The summed E-state index contributed by atoms with van der Waals surface area (Å²) in [6.07, 6.45) is 0. The normalized spacial score (nSPS) is 9.62. The van der Waals surface area contributed by atoms with Gasteiger partial charge in [-0.2, -0.15) is 0 Å². The summed E-state index contributed by atoms with van der Waals surface area (Å²) in [6.45, 7) is 4.00. The number of anilines is 1. The van der Waals surface area contributed by atoms with Gasteiger partial charge in [-0.05, 0) is 28.8 Å². The van der Waals surface area contributed by atoms with Crippen LogP contribution in [0.1, 0.15) is 13.8 Å². The zero-order chi connectivity index (χ0) is 15.1. The largest absolute Gasteiger partial charge is 0.398 e. The van der Waals surface area contributed by atoms with Gasteiger partial charge in [-0.25, -0.2) is 0 Å². The molecular weight excluding hydrogens is 254 g/mol. The Morgan fingerprint density at radius 1 is 0.571 bits per heavy atom. The average molecular weight is 275 g/mol. The van der Waals surface area contributed by atoms with E-state index in [4.69, 9.17) is 5.73 Å². The molecular formula is C20H21N. The standard InChI is InChI=1S/C18H15N.C2H6/c19-18-12-11-16(14-7-3-1-4-8-14)13-17(18)15-9-5-2-6-10-15;1-2/h1-13H,19H2;1-2H3. The Morgan fingerprint density at radius 2 is 1.10 bits per heavy atom. The first-order valence-corrected chi connectivity index (χ1v) is 7.35. The van der Waals surface area contributed by atoms with Crippen LogP contribution in [-0.4, -0.2) is 0 Å². The van der Waals surface area contributed by atoms with Gasteiger partial charge in [0.15, 0.2) is 0 Å². The fourth-order valence-corrected chi connectivity index (χ4v) is 2.23. The number of hydrogen-bond acceptors (Lipinski definition) is 1. The smallest absolute Gasteiger partial charge is 0.0394 e. The monoisotopic (exact) mass is 275 g/mol. The van der Waals surface area contributed by atoms with E-state index in [-0.39, 0.29) is 0 Å². The molecule has 2 N–H and O–H groups in total. The van der Waals surface area contributed by atoms with Crippen molar-refractivity contribution in [1.82, 2.24) is 0 Å². The van der Waals surface area contributed by atoms with E-state index in [0.29, 0.717) is 0 Å². The first-order valence-electron chi connectivity index (χ1n) is 7.35. The molecule has 0 spiro atoms. The first kappa shape index (κ1) is 14.9. The van der Waals surface area contributed by atoms with Gasteiger partial charge < -0.3 is 5.73 Å². The van der Waals surface area contributed by atoms with Crippen molar-refractivity contribution in [2.45, 2.75) is 13.8 Å². The quantitative estimate of drug-likeness (QED) is 0.603. The Labute approximate surface area is 127 Å². The maximum Gasteiger partial charge on any atom is 0.0394 e. The fraction of sp³-hybridized carbons (Fsp3) is 0.100. The van der Waals surface area contributed by atoms with Crippen LogP contribution in [0.2, 0.25) is 0 Å². The SMILES string of the molecule is CC.Nc1ccc(-c2ccccc2)cc1-c1ccccc1. The lowest BCUT2D eigenvalue weighted by Crippen LogP contribution is -1.90. The highest BCUT2D eigenvalue weighted by atomic mass is 14.6. The number of nitrogens with two attached hydrogens (primary N) is 1. The van der Waals surface area contributed by atoms with Crippen molar-refractivity contribution in [3.8, 4) is 22.3 Å². The van der Waals surface area contributed by atoms with Gasteiger partial charge in [-0.3, -0.25) is 0 Å². The van der Waals surface area contributed by atoms with Crippen LogP contribution in [0.15, 0.2) is 78.9 Å². The molecule has 0 aliphatic heterocycles. The Balaban J connectivity index is 0.000000774. The molecule has 0 aliphatic carbocycles. The molecule has 0 heterocycles. The summed E-state index contributed by atoms with van der Waals surface area (Å²) in [4.78, 5) is 0. The molecule has 21 heavy (non-hydrogen) atoms. The number of nitrogen functional groups attached to an aromatic ring is 1. The van der Waals surface area contributed by atoms with Crippen LogP contribution < -0.4 is 5.73 Å². The zero-order valence-corrected chi connectivity index (χ0v) is 12.6. The van der Waals surface area contributed by atoms with Crippen molar-refractivity contribution in [2.75, 3.05) is 5.73 Å². The van der Waals surface area contributed by atoms with Crippen molar-refractivity contribution in [3.05, 3.63) is 78.9 Å². The summed E-state index contributed by atoms with van der Waals surface area (Å²) in [5.74, 6) is 0. The van der Waals surface area contributed by atoms with Crippen molar-refractivity contribution in [2.24, 2.45) is 0 Å². The van der Waals surface area contributed by atoms with Gasteiger partial charge >= 0.3 is 0 Å². The Bertz CT molecular complexity index is 673. The van der Waals surface area contributed by atoms with E-state index in [2.05, 4.69) is 36.4 Å². The molecule has 3 aromatic carbocycles. The lowest BCUT2D eigenvalue weighted by Gasteiger charge is -2.09. The Morgan fingerprint density at radius 3 is 1.67 bits per heavy atom. The summed E-state index contributed by atoms with van der Waals surface area (Å²) in [5.41, 5.74) is 11.5. The molecule has 106 valence electrons. The summed E-state index contributed by atoms with van der Waals surface area (Å²) in [6, 6.07) is 26.8. The molecule has 3 rings (SSSR count). The highest BCUT2D eigenvalue weighted by molar-refractivity contribution is 5.81. The van der Waals surface area contributed by atoms with E-state index in [0.717, 1.165) is 16.8 Å². The first-order chi connectivity index (χ1) is 10.3. The molecule has 0 bridgehead atoms. The lowest BCUT2D eigenvalue weighted by molar-refractivity contribution is 1.50. The third kappa shape index (κ3) is 3.51. The average Bonchev–Trinajstić information content (AvgIpc) is 2.59. The van der Waals surface area contributed by atoms with Gasteiger partial charge in [0, 0.05) is 11.3 Å². The van der Waals surface area contributed by atoms with E-state index >= 15 is 0 Å². The van der Waals surface area contributed by atoms with Crippen LogP contribution in [0.3, 0.4) is 0 Å². The van der Waals surface area contributed by atoms with Crippen LogP contribution in [0.5, 0.6) is 0 Å². The molecule has 0 unspecified atom stereocenters. The van der Waals surface area contributed by atoms with Gasteiger partial charge in [0.25, 0.3) is 0 Å². The lowest BCUT2D eigenvalue weighted by atomic mass is 9.98. The van der Waals surface area contributed by atoms with Crippen LogP contribution in [0, 0.1) is 0 Å². The van der Waals surface area contributed by atoms with Gasteiger partial charge in [0.05, 0.1) is 0 Å². The molecule has 0 atom stereocenters. The highest BCUT2D eigenvalue weighted by Gasteiger charge is 2.04. The molecule has 0 saturated carbocycles. The predicted molar refractivity (Wildman–Crippen MR) is 93.1 cm³/mol. The molecule has 0 aromatic heterocycles.